The molecule has 0 radical (unpaired) electrons. The van der Waals surface area contributed by atoms with E-state index in [2.05, 4.69) is 15.6 Å². The van der Waals surface area contributed by atoms with Crippen molar-refractivity contribution in [1.82, 2.24) is 30.3 Å². The molecule has 2 aromatic rings. The number of pyridine rings is 1. The number of nitrogen functional groups attached to an aromatic ring is 1. The van der Waals surface area contributed by atoms with Gasteiger partial charge in [-0.3, -0.25) is 24.1 Å². The molecule has 3 rings (SSSR count). The van der Waals surface area contributed by atoms with Gasteiger partial charge in [0.05, 0.1) is 42.7 Å². The molecule has 4 amide bonds. The summed E-state index contributed by atoms with van der Waals surface area (Å²) in [6.07, 6.45) is 2.31. The summed E-state index contributed by atoms with van der Waals surface area (Å²) < 4.78 is 11.9. The van der Waals surface area contributed by atoms with Crippen LogP contribution in [0.25, 0.3) is 0 Å². The molecule has 0 bridgehead atoms. The number of carbonyl (C=O) groups excluding carboxylic acids is 4. The minimum Gasteiger partial charge on any atom is -0.480 e. The molecule has 1 aromatic carbocycles. The highest BCUT2D eigenvalue weighted by atomic mass is 16.5. The van der Waals surface area contributed by atoms with Crippen molar-refractivity contribution in [2.75, 3.05) is 40.6 Å². The van der Waals surface area contributed by atoms with Crippen molar-refractivity contribution in [2.24, 2.45) is 23.7 Å². The second-order valence-corrected chi connectivity index (χ2v) is 17.1. The monoisotopic (exact) mass is 838 g/mol. The summed E-state index contributed by atoms with van der Waals surface area (Å²) in [6.45, 7) is 14.4. The number of nitrogens with zero attached hydrogens (tertiary/aromatic N) is 4. The van der Waals surface area contributed by atoms with Crippen LogP contribution in [-0.2, 0) is 46.4 Å². The quantitative estimate of drug-likeness (QED) is 0.126. The van der Waals surface area contributed by atoms with Gasteiger partial charge in [0.25, 0.3) is 0 Å². The molecule has 2 unspecified atom stereocenters. The molecule has 1 fully saturated rings. The zero-order valence-electron chi connectivity index (χ0n) is 37.6. The Labute approximate surface area is 357 Å². The van der Waals surface area contributed by atoms with Crippen LogP contribution in [0.15, 0.2) is 48.7 Å². The molecule has 5 N–H and O–H groups in total. The Kier molecular flexibility index (Phi) is 19.4. The number of likely N-dealkylation sites (N-methyl/N-ethyl adjacent to an activating group) is 2. The first-order chi connectivity index (χ1) is 28.4. The molecule has 1 aromatic heterocycles. The first-order valence-electron chi connectivity index (χ1n) is 21.3. The highest BCUT2D eigenvalue weighted by molar-refractivity contribution is 5.90. The Morgan fingerprint density at radius 1 is 0.933 bits per heavy atom. The third kappa shape index (κ3) is 13.2. The summed E-state index contributed by atoms with van der Waals surface area (Å²) in [7, 11) is 6.61. The summed E-state index contributed by atoms with van der Waals surface area (Å²) in [6, 6.07) is 9.24. The van der Waals surface area contributed by atoms with Gasteiger partial charge in [0.15, 0.2) is 0 Å². The number of likely N-dealkylation sites (tertiary alicyclic amines) is 1. The van der Waals surface area contributed by atoms with Gasteiger partial charge in [-0.1, -0.05) is 85.2 Å². The maximum absolute atomic E-state index is 14.5. The zero-order valence-corrected chi connectivity index (χ0v) is 37.6. The summed E-state index contributed by atoms with van der Waals surface area (Å²) >= 11 is 0. The maximum Gasteiger partial charge on any atom is 0.326 e. The van der Waals surface area contributed by atoms with Gasteiger partial charge in [-0.05, 0) is 60.9 Å². The van der Waals surface area contributed by atoms with Gasteiger partial charge < -0.3 is 40.7 Å². The summed E-state index contributed by atoms with van der Waals surface area (Å²) in [5, 5.41) is 15.7. The molecule has 1 aliphatic rings. The topological polar surface area (TPSA) is 197 Å². The second kappa shape index (κ2) is 23.4. The second-order valence-electron chi connectivity index (χ2n) is 17.1. The number of carbonyl (C=O) groups is 5. The molecule has 334 valence electrons. The van der Waals surface area contributed by atoms with E-state index in [1.165, 1.54) is 14.2 Å². The summed E-state index contributed by atoms with van der Waals surface area (Å²) in [5.41, 5.74) is 7.60. The van der Waals surface area contributed by atoms with Crippen LogP contribution in [0.1, 0.15) is 85.3 Å². The minimum absolute atomic E-state index is 0.0345. The first-order valence-corrected chi connectivity index (χ1v) is 21.3. The Hall–Kier alpha value is -4.60. The first kappa shape index (κ1) is 49.8. The molecule has 15 heteroatoms. The molecule has 60 heavy (non-hydrogen) atoms. The molecule has 0 aliphatic carbocycles. The van der Waals surface area contributed by atoms with E-state index < -0.39 is 60.2 Å². The standard InChI is InChI=1S/C45H71N7O8/c1-12-29(6)40(51(9)44(56)38(27(2)3)49-43(55)39(28(4)5)50(8)26-32-20-21-47-36(46)24-32)35(59-10)25-37(53)52-22-16-19-34(52)41(60-11)30(7)42(54)48-33(45(57)58)23-31-17-14-13-15-18-31/h13-15,17-18,20-21,24,27-30,33-35,38-41H,12,16,19,22-23,25-26H2,1-11H3,(H2,46,47)(H,48,54)(H,49,55)(H,57,58)/t29-,30+,33-,34-,35+,38-,39?,40?,41+/m0/s1. The molecular formula is C45H71N7O8. The number of rotatable bonds is 23. The SMILES string of the molecule is CC[C@H](C)C([C@@H](CC(=O)N1CCC[C@H]1[C@H](OC)[C@@H](C)C(=O)N[C@@H](Cc1ccccc1)C(=O)O)OC)N(C)C(=O)[C@@H](NC(=O)C(C(C)C)N(C)Cc1ccnc(N)c1)C(C)C. The number of hydrogen-bond acceptors (Lipinski definition) is 10. The number of benzene rings is 1. The number of methoxy groups -OCH3 is 2. The Morgan fingerprint density at radius 3 is 2.15 bits per heavy atom. The number of hydrogen-bond donors (Lipinski definition) is 4. The van der Waals surface area contributed by atoms with Crippen LogP contribution >= 0.6 is 0 Å². The number of aromatic nitrogens is 1. The van der Waals surface area contributed by atoms with Gasteiger partial charge in [-0.2, -0.15) is 0 Å². The number of nitrogens with two attached hydrogens (primary N) is 1. The number of carboxylic acids is 1. The third-order valence-corrected chi connectivity index (χ3v) is 12.0. The highest BCUT2D eigenvalue weighted by Crippen LogP contribution is 2.30. The number of nitrogens with one attached hydrogen (secondary N) is 2. The van der Waals surface area contributed by atoms with Crippen LogP contribution < -0.4 is 16.4 Å². The largest absolute Gasteiger partial charge is 0.480 e. The van der Waals surface area contributed by atoms with Crippen molar-refractivity contribution in [1.29, 1.82) is 0 Å². The van der Waals surface area contributed by atoms with Gasteiger partial charge in [0.1, 0.15) is 17.9 Å². The number of ether oxygens (including phenoxy) is 2. The normalized spacial score (nSPS) is 18.3. The predicted molar refractivity (Wildman–Crippen MR) is 231 cm³/mol. The molecule has 0 saturated carbocycles. The van der Waals surface area contributed by atoms with Crippen molar-refractivity contribution in [2.45, 2.75) is 130 Å². The van der Waals surface area contributed by atoms with E-state index in [0.29, 0.717) is 38.2 Å². The number of amides is 4. The van der Waals surface area contributed by atoms with E-state index in [9.17, 15) is 29.1 Å². The van der Waals surface area contributed by atoms with Gasteiger partial charge in [-0.15, -0.1) is 0 Å². The average molecular weight is 838 g/mol. The van der Waals surface area contributed by atoms with Gasteiger partial charge in [0, 0.05) is 47.0 Å². The Morgan fingerprint density at radius 2 is 1.60 bits per heavy atom. The summed E-state index contributed by atoms with van der Waals surface area (Å²) in [5.74, 6) is -3.14. The molecule has 0 spiro atoms. The third-order valence-electron chi connectivity index (χ3n) is 12.0. The fourth-order valence-electron chi connectivity index (χ4n) is 8.62. The van der Waals surface area contributed by atoms with Crippen LogP contribution in [0.2, 0.25) is 0 Å². The lowest BCUT2D eigenvalue weighted by atomic mass is 9.89. The van der Waals surface area contributed by atoms with Crippen LogP contribution in [-0.4, -0.2) is 132 Å². The minimum atomic E-state index is -1.14. The lowest BCUT2D eigenvalue weighted by Crippen LogP contribution is -2.60. The maximum atomic E-state index is 14.5. The van der Waals surface area contributed by atoms with Crippen molar-refractivity contribution >= 4 is 35.4 Å². The molecule has 1 aliphatic heterocycles. The fraction of sp³-hybridized carbons (Fsp3) is 0.644. The smallest absolute Gasteiger partial charge is 0.326 e. The highest BCUT2D eigenvalue weighted by Gasteiger charge is 2.43. The van der Waals surface area contributed by atoms with Gasteiger partial charge >= 0.3 is 5.97 Å². The van der Waals surface area contributed by atoms with Crippen molar-refractivity contribution in [3.05, 3.63) is 59.8 Å². The van der Waals surface area contributed by atoms with Crippen molar-refractivity contribution in [3.8, 4) is 0 Å². The van der Waals surface area contributed by atoms with Crippen molar-refractivity contribution in [3.63, 3.8) is 0 Å². The Bertz CT molecular complexity index is 1710. The molecule has 9 atom stereocenters. The molecule has 1 saturated heterocycles. The number of anilines is 1. The molecular weight excluding hydrogens is 767 g/mol. The van der Waals surface area contributed by atoms with E-state index in [1.807, 2.05) is 89.9 Å². The average Bonchev–Trinajstić information content (AvgIpc) is 3.69. The van der Waals surface area contributed by atoms with E-state index in [-0.39, 0.29) is 48.3 Å². The molecule has 15 nitrogen and oxygen atoms in total. The van der Waals surface area contributed by atoms with Gasteiger partial charge in [-0.25, -0.2) is 9.78 Å². The van der Waals surface area contributed by atoms with E-state index in [1.54, 1.807) is 36.0 Å². The van der Waals surface area contributed by atoms with Crippen molar-refractivity contribution < 1.29 is 38.6 Å². The summed E-state index contributed by atoms with van der Waals surface area (Å²) in [4.78, 5) is 77.9. The van der Waals surface area contributed by atoms with Crippen LogP contribution in [0.3, 0.4) is 0 Å². The zero-order chi connectivity index (χ0) is 44.8. The van der Waals surface area contributed by atoms with Gasteiger partial charge in [0.2, 0.25) is 23.6 Å². The fourth-order valence-corrected chi connectivity index (χ4v) is 8.62. The molecule has 2 heterocycles. The van der Waals surface area contributed by atoms with E-state index in [0.717, 1.165) is 11.1 Å². The van der Waals surface area contributed by atoms with E-state index in [4.69, 9.17) is 15.2 Å². The van der Waals surface area contributed by atoms with E-state index >= 15 is 0 Å². The number of aliphatic carboxylic acids is 1. The van der Waals surface area contributed by atoms with Crippen LogP contribution in [0, 0.1) is 23.7 Å². The lowest BCUT2D eigenvalue weighted by molar-refractivity contribution is -0.148. The number of carboxylic acid groups (broad SMARTS) is 1. The Balaban J connectivity index is 1.78. The van der Waals surface area contributed by atoms with Crippen LogP contribution in [0.5, 0.6) is 0 Å². The van der Waals surface area contributed by atoms with Crippen LogP contribution in [0.4, 0.5) is 5.82 Å². The predicted octanol–water partition coefficient (Wildman–Crippen LogP) is 3.99. The lowest BCUT2D eigenvalue weighted by Gasteiger charge is -2.41.